The first kappa shape index (κ1) is 20.2. The SMILES string of the molecule is CN(C)C[C@H](NS(=O)(=O)CCc1ccccc1)c1ccc(Cl)c(Cl)c1. The highest BCUT2D eigenvalue weighted by Crippen LogP contribution is 2.26. The topological polar surface area (TPSA) is 49.4 Å². The summed E-state index contributed by atoms with van der Waals surface area (Å²) in [5.41, 5.74) is 1.78. The molecule has 0 amide bonds. The summed E-state index contributed by atoms with van der Waals surface area (Å²) in [5, 5.41) is 0.854. The van der Waals surface area contributed by atoms with Gasteiger partial charge in [-0.1, -0.05) is 59.6 Å². The minimum Gasteiger partial charge on any atom is -0.307 e. The lowest BCUT2D eigenvalue weighted by molar-refractivity contribution is 0.363. The van der Waals surface area contributed by atoms with E-state index in [0.29, 0.717) is 23.0 Å². The summed E-state index contributed by atoms with van der Waals surface area (Å²) < 4.78 is 27.9. The molecule has 0 aliphatic heterocycles. The Balaban J connectivity index is 2.13. The summed E-state index contributed by atoms with van der Waals surface area (Å²) in [7, 11) is 0.335. The lowest BCUT2D eigenvalue weighted by Gasteiger charge is -2.23. The average molecular weight is 401 g/mol. The van der Waals surface area contributed by atoms with Gasteiger partial charge < -0.3 is 4.90 Å². The van der Waals surface area contributed by atoms with Crippen molar-refractivity contribution < 1.29 is 8.42 Å². The van der Waals surface area contributed by atoms with Crippen LogP contribution in [0.25, 0.3) is 0 Å². The van der Waals surface area contributed by atoms with Crippen LogP contribution in [0.2, 0.25) is 10.0 Å². The fraction of sp³-hybridized carbons (Fsp3) is 0.333. The van der Waals surface area contributed by atoms with Crippen molar-refractivity contribution in [3.8, 4) is 0 Å². The van der Waals surface area contributed by atoms with Gasteiger partial charge in [-0.2, -0.15) is 0 Å². The zero-order chi connectivity index (χ0) is 18.4. The Bertz CT molecular complexity index is 796. The van der Waals surface area contributed by atoms with Crippen LogP contribution in [-0.2, 0) is 16.4 Å². The zero-order valence-electron chi connectivity index (χ0n) is 14.2. The van der Waals surface area contributed by atoms with Crippen molar-refractivity contribution in [2.24, 2.45) is 0 Å². The first-order valence-corrected chi connectivity index (χ1v) is 10.3. The van der Waals surface area contributed by atoms with Crippen LogP contribution < -0.4 is 4.72 Å². The number of aryl methyl sites for hydroxylation is 1. The van der Waals surface area contributed by atoms with E-state index in [0.717, 1.165) is 11.1 Å². The monoisotopic (exact) mass is 400 g/mol. The Hall–Kier alpha value is -1.11. The number of rotatable bonds is 8. The fourth-order valence-electron chi connectivity index (χ4n) is 2.48. The highest BCUT2D eigenvalue weighted by atomic mass is 35.5. The number of benzene rings is 2. The Morgan fingerprint density at radius 3 is 2.32 bits per heavy atom. The molecule has 136 valence electrons. The van der Waals surface area contributed by atoms with Crippen LogP contribution in [0.4, 0.5) is 0 Å². The van der Waals surface area contributed by atoms with Crippen molar-refractivity contribution >= 4 is 33.2 Å². The number of halogens is 2. The lowest BCUT2D eigenvalue weighted by Crippen LogP contribution is -2.36. The second kappa shape index (κ2) is 9.01. The van der Waals surface area contributed by atoms with Gasteiger partial charge in [-0.25, -0.2) is 13.1 Å². The normalized spacial score (nSPS) is 13.2. The molecule has 0 unspecified atom stereocenters. The van der Waals surface area contributed by atoms with Crippen LogP contribution >= 0.6 is 23.2 Å². The molecule has 1 N–H and O–H groups in total. The maximum absolute atomic E-state index is 12.5. The van der Waals surface area contributed by atoms with E-state index in [4.69, 9.17) is 23.2 Å². The van der Waals surface area contributed by atoms with Gasteiger partial charge in [0, 0.05) is 6.54 Å². The van der Waals surface area contributed by atoms with Gasteiger partial charge in [-0.3, -0.25) is 0 Å². The van der Waals surface area contributed by atoms with Crippen molar-refractivity contribution in [3.05, 3.63) is 69.7 Å². The quantitative estimate of drug-likeness (QED) is 0.733. The van der Waals surface area contributed by atoms with E-state index < -0.39 is 16.1 Å². The van der Waals surface area contributed by atoms with Crippen LogP contribution in [0.15, 0.2) is 48.5 Å². The van der Waals surface area contributed by atoms with Gasteiger partial charge >= 0.3 is 0 Å². The molecular formula is C18H22Cl2N2O2S. The van der Waals surface area contributed by atoms with Gasteiger partial charge in [0.15, 0.2) is 0 Å². The molecule has 0 radical (unpaired) electrons. The molecule has 2 rings (SSSR count). The number of hydrogen-bond donors (Lipinski definition) is 1. The van der Waals surface area contributed by atoms with Gasteiger partial charge in [0.1, 0.15) is 0 Å². The number of nitrogens with one attached hydrogen (secondary N) is 1. The van der Waals surface area contributed by atoms with Gasteiger partial charge in [-0.05, 0) is 43.8 Å². The predicted molar refractivity (Wildman–Crippen MR) is 105 cm³/mol. The first-order chi connectivity index (χ1) is 11.8. The van der Waals surface area contributed by atoms with E-state index in [2.05, 4.69) is 4.72 Å². The Labute approximate surface area is 159 Å². The van der Waals surface area contributed by atoms with Crippen LogP contribution in [0, 0.1) is 0 Å². The summed E-state index contributed by atoms with van der Waals surface area (Å²) in [6, 6.07) is 14.3. The zero-order valence-corrected chi connectivity index (χ0v) is 16.6. The second-order valence-electron chi connectivity index (χ2n) is 6.16. The maximum atomic E-state index is 12.5. The van der Waals surface area contributed by atoms with Crippen molar-refractivity contribution in [2.45, 2.75) is 12.5 Å². The molecule has 0 spiro atoms. The van der Waals surface area contributed by atoms with E-state index >= 15 is 0 Å². The third-order valence-corrected chi connectivity index (χ3v) is 5.84. The van der Waals surface area contributed by atoms with Crippen molar-refractivity contribution in [1.29, 1.82) is 0 Å². The lowest BCUT2D eigenvalue weighted by atomic mass is 10.1. The maximum Gasteiger partial charge on any atom is 0.212 e. The molecule has 0 aliphatic carbocycles. The Kier molecular flexibility index (Phi) is 7.28. The van der Waals surface area contributed by atoms with Crippen molar-refractivity contribution in [2.75, 3.05) is 26.4 Å². The largest absolute Gasteiger partial charge is 0.307 e. The Morgan fingerprint density at radius 2 is 1.72 bits per heavy atom. The summed E-state index contributed by atoms with van der Waals surface area (Å²) in [6.45, 7) is 0.516. The number of sulfonamides is 1. The van der Waals surface area contributed by atoms with Gasteiger partial charge in [-0.15, -0.1) is 0 Å². The van der Waals surface area contributed by atoms with Gasteiger partial charge in [0.2, 0.25) is 10.0 Å². The molecule has 0 bridgehead atoms. The number of nitrogens with zero attached hydrogens (tertiary/aromatic N) is 1. The van der Waals surface area contributed by atoms with Crippen LogP contribution in [0.1, 0.15) is 17.2 Å². The number of likely N-dealkylation sites (N-methyl/N-ethyl adjacent to an activating group) is 1. The van der Waals surface area contributed by atoms with E-state index in [1.54, 1.807) is 18.2 Å². The molecule has 2 aromatic carbocycles. The van der Waals surface area contributed by atoms with Gasteiger partial charge in [0.25, 0.3) is 0 Å². The highest BCUT2D eigenvalue weighted by molar-refractivity contribution is 7.89. The summed E-state index contributed by atoms with van der Waals surface area (Å²) in [5.74, 6) is 0.0300. The van der Waals surface area contributed by atoms with E-state index in [-0.39, 0.29) is 5.75 Å². The molecule has 0 fully saturated rings. The molecule has 0 aliphatic rings. The molecule has 1 atom stereocenters. The van der Waals surface area contributed by atoms with Crippen molar-refractivity contribution in [3.63, 3.8) is 0 Å². The summed E-state index contributed by atoms with van der Waals surface area (Å²) >= 11 is 12.0. The molecule has 25 heavy (non-hydrogen) atoms. The van der Waals surface area contributed by atoms with E-state index in [1.165, 1.54) is 0 Å². The third-order valence-electron chi connectivity index (χ3n) is 3.72. The van der Waals surface area contributed by atoms with Crippen molar-refractivity contribution in [1.82, 2.24) is 9.62 Å². The molecule has 2 aromatic rings. The van der Waals surface area contributed by atoms with Gasteiger partial charge in [0.05, 0.1) is 21.8 Å². The molecular weight excluding hydrogens is 379 g/mol. The molecule has 0 heterocycles. The highest BCUT2D eigenvalue weighted by Gasteiger charge is 2.21. The molecule has 0 saturated carbocycles. The van der Waals surface area contributed by atoms with Crippen LogP contribution in [-0.4, -0.2) is 39.7 Å². The molecule has 0 saturated heterocycles. The summed E-state index contributed by atoms with van der Waals surface area (Å²) in [4.78, 5) is 1.92. The minimum absolute atomic E-state index is 0.0300. The predicted octanol–water partition coefficient (Wildman–Crippen LogP) is 3.76. The third kappa shape index (κ3) is 6.60. The van der Waals surface area contributed by atoms with E-state index in [1.807, 2.05) is 49.3 Å². The van der Waals surface area contributed by atoms with Crippen LogP contribution in [0.3, 0.4) is 0 Å². The standard InChI is InChI=1S/C18H22Cl2N2O2S/c1-22(2)13-18(15-8-9-16(19)17(20)12-15)21-25(23,24)11-10-14-6-4-3-5-7-14/h3-9,12,18,21H,10-11,13H2,1-2H3/t18-/m0/s1. The van der Waals surface area contributed by atoms with Crippen LogP contribution in [0.5, 0.6) is 0 Å². The molecule has 7 heteroatoms. The minimum atomic E-state index is -3.45. The van der Waals surface area contributed by atoms with E-state index in [9.17, 15) is 8.42 Å². The Morgan fingerprint density at radius 1 is 1.04 bits per heavy atom. The fourth-order valence-corrected chi connectivity index (χ4v) is 4.05. The molecule has 0 aromatic heterocycles. The first-order valence-electron chi connectivity index (χ1n) is 7.90. The average Bonchev–Trinajstić information content (AvgIpc) is 2.55. The second-order valence-corrected chi connectivity index (χ2v) is 8.85. The molecule has 4 nitrogen and oxygen atoms in total. The summed E-state index contributed by atoms with van der Waals surface area (Å²) in [6.07, 6.45) is 0.465. The number of hydrogen-bond acceptors (Lipinski definition) is 3. The smallest absolute Gasteiger partial charge is 0.212 e.